The molecule has 5 nitrogen and oxygen atoms in total. The summed E-state index contributed by atoms with van der Waals surface area (Å²) in [6, 6.07) is 0. The van der Waals surface area contributed by atoms with Gasteiger partial charge in [-0.2, -0.15) is 0 Å². The van der Waals surface area contributed by atoms with E-state index in [1.54, 1.807) is 14.2 Å². The summed E-state index contributed by atoms with van der Waals surface area (Å²) >= 11 is 0. The number of ether oxygens (including phenoxy) is 4. The van der Waals surface area contributed by atoms with Crippen LogP contribution in [0, 0.1) is 5.41 Å². The largest absolute Gasteiger partial charge is 0.460 e. The Morgan fingerprint density at radius 3 is 2.55 bits per heavy atom. The lowest BCUT2D eigenvalue weighted by molar-refractivity contribution is -0.141. The fraction of sp³-hybridized carbons (Fsp3) is 0.533. The molecule has 0 aromatic carbocycles. The van der Waals surface area contributed by atoms with Gasteiger partial charge in [-0.25, -0.2) is 4.79 Å². The van der Waals surface area contributed by atoms with Gasteiger partial charge in [0.25, 0.3) is 0 Å². The lowest BCUT2D eigenvalue weighted by Gasteiger charge is -2.37. The summed E-state index contributed by atoms with van der Waals surface area (Å²) in [5, 5.41) is 0. The van der Waals surface area contributed by atoms with Crippen LogP contribution in [0.4, 0.5) is 0 Å². The number of methoxy groups -OCH3 is 2. The maximum absolute atomic E-state index is 10.9. The minimum atomic E-state index is -0.451. The molecule has 1 aliphatic carbocycles. The van der Waals surface area contributed by atoms with Gasteiger partial charge in [0.15, 0.2) is 0 Å². The number of carbonyl (C=O) groups excluding carboxylic acids is 1. The molecule has 0 N–H and O–H groups in total. The summed E-state index contributed by atoms with van der Waals surface area (Å²) in [5.41, 5.74) is -0.360. The molecule has 0 saturated carbocycles. The van der Waals surface area contributed by atoms with E-state index in [0.29, 0.717) is 19.8 Å². The first-order valence-corrected chi connectivity index (χ1v) is 6.43. The van der Waals surface area contributed by atoms with Gasteiger partial charge >= 0.3 is 5.97 Å². The molecule has 1 atom stereocenters. The third-order valence-corrected chi connectivity index (χ3v) is 3.01. The molecule has 1 rings (SSSR count). The molecule has 0 fully saturated rings. The number of carbonyl (C=O) groups is 1. The highest BCUT2D eigenvalue weighted by Crippen LogP contribution is 2.31. The maximum Gasteiger partial charge on any atom is 0.330 e. The second-order valence-corrected chi connectivity index (χ2v) is 4.51. The Labute approximate surface area is 119 Å². The summed E-state index contributed by atoms with van der Waals surface area (Å²) in [6.07, 6.45) is 8.80. The molecule has 1 aliphatic rings. The highest BCUT2D eigenvalue weighted by molar-refractivity contribution is 5.81. The molecule has 0 radical (unpaired) electrons. The van der Waals surface area contributed by atoms with E-state index >= 15 is 0 Å². The van der Waals surface area contributed by atoms with Crippen molar-refractivity contribution in [1.82, 2.24) is 0 Å². The molecule has 0 spiro atoms. The van der Waals surface area contributed by atoms with Crippen LogP contribution in [0.1, 0.15) is 0 Å². The predicted molar refractivity (Wildman–Crippen MR) is 75.4 cm³/mol. The molecule has 0 saturated heterocycles. The van der Waals surface area contributed by atoms with Crippen molar-refractivity contribution in [2.45, 2.75) is 6.10 Å². The number of esters is 1. The number of allylic oxidation sites excluding steroid dienone is 2. The molecule has 0 bridgehead atoms. The lowest BCUT2D eigenvalue weighted by atomic mass is 9.80. The molecule has 20 heavy (non-hydrogen) atoms. The van der Waals surface area contributed by atoms with Crippen LogP contribution in [0.3, 0.4) is 0 Å². The van der Waals surface area contributed by atoms with Crippen LogP contribution in [-0.4, -0.2) is 52.7 Å². The van der Waals surface area contributed by atoms with Crippen LogP contribution < -0.4 is 0 Å². The van der Waals surface area contributed by atoms with Crippen LogP contribution in [0.15, 0.2) is 37.0 Å². The van der Waals surface area contributed by atoms with Crippen LogP contribution in [0.25, 0.3) is 0 Å². The molecule has 0 amide bonds. The first-order valence-electron chi connectivity index (χ1n) is 6.43. The zero-order valence-electron chi connectivity index (χ0n) is 12.0. The Bertz CT molecular complexity index is 366. The van der Waals surface area contributed by atoms with E-state index in [-0.39, 0.29) is 18.1 Å². The molecule has 0 aromatic rings. The van der Waals surface area contributed by atoms with Crippen molar-refractivity contribution in [3.8, 4) is 0 Å². The first-order chi connectivity index (χ1) is 9.68. The van der Waals surface area contributed by atoms with Crippen LogP contribution >= 0.6 is 0 Å². The van der Waals surface area contributed by atoms with Gasteiger partial charge in [-0.15, -0.1) is 0 Å². The molecule has 1 unspecified atom stereocenters. The second-order valence-electron chi connectivity index (χ2n) is 4.51. The molecule has 5 heteroatoms. The van der Waals surface area contributed by atoms with E-state index in [4.69, 9.17) is 18.9 Å². The van der Waals surface area contributed by atoms with E-state index in [0.717, 1.165) is 6.08 Å². The van der Waals surface area contributed by atoms with Crippen molar-refractivity contribution in [2.75, 3.05) is 40.6 Å². The minimum absolute atomic E-state index is 0.185. The smallest absolute Gasteiger partial charge is 0.330 e. The maximum atomic E-state index is 10.9. The molecular weight excluding hydrogens is 260 g/mol. The van der Waals surface area contributed by atoms with Crippen molar-refractivity contribution in [2.24, 2.45) is 5.41 Å². The third kappa shape index (κ3) is 4.59. The quantitative estimate of drug-likeness (QED) is 0.364. The van der Waals surface area contributed by atoms with Gasteiger partial charge in [-0.05, 0) is 0 Å². The van der Waals surface area contributed by atoms with E-state index in [9.17, 15) is 4.79 Å². The Balaban J connectivity index is 2.55. The van der Waals surface area contributed by atoms with E-state index < -0.39 is 5.97 Å². The Morgan fingerprint density at radius 1 is 1.25 bits per heavy atom. The third-order valence-electron chi connectivity index (χ3n) is 3.01. The minimum Gasteiger partial charge on any atom is -0.460 e. The molecule has 0 aliphatic heterocycles. The SMILES string of the molecule is C=CC(=O)OCCOC1C=CC=CC1(COC)COC. The van der Waals surface area contributed by atoms with Gasteiger partial charge in [-0.3, -0.25) is 0 Å². The standard InChI is InChI=1S/C15H22O5/c1-4-14(16)20-10-9-19-13-7-5-6-8-15(13,11-17-2)12-18-3/h4-8,13H,1,9-12H2,2-3H3. The zero-order chi connectivity index (χ0) is 14.8. The second kappa shape index (κ2) is 8.68. The van der Waals surface area contributed by atoms with Crippen molar-refractivity contribution < 1.29 is 23.7 Å². The van der Waals surface area contributed by atoms with E-state index in [1.807, 2.05) is 24.3 Å². The average molecular weight is 282 g/mol. The van der Waals surface area contributed by atoms with Gasteiger partial charge in [0.1, 0.15) is 6.61 Å². The van der Waals surface area contributed by atoms with Crippen molar-refractivity contribution in [1.29, 1.82) is 0 Å². The molecular formula is C15H22O5. The fourth-order valence-electron chi connectivity index (χ4n) is 2.14. The summed E-state index contributed by atoms with van der Waals surface area (Å²) < 4.78 is 21.2. The van der Waals surface area contributed by atoms with E-state index in [2.05, 4.69) is 6.58 Å². The van der Waals surface area contributed by atoms with Gasteiger partial charge in [0.2, 0.25) is 0 Å². The Hall–Kier alpha value is -1.43. The van der Waals surface area contributed by atoms with Gasteiger partial charge < -0.3 is 18.9 Å². The monoisotopic (exact) mass is 282 g/mol. The number of hydrogen-bond donors (Lipinski definition) is 0. The normalized spacial score (nSPS) is 19.8. The highest BCUT2D eigenvalue weighted by Gasteiger charge is 2.37. The van der Waals surface area contributed by atoms with Crippen LogP contribution in [0.5, 0.6) is 0 Å². The lowest BCUT2D eigenvalue weighted by Crippen LogP contribution is -2.43. The first kappa shape index (κ1) is 16.6. The summed E-state index contributed by atoms with van der Waals surface area (Å²) in [6.45, 7) is 4.79. The fourth-order valence-corrected chi connectivity index (χ4v) is 2.14. The van der Waals surface area contributed by atoms with Crippen molar-refractivity contribution in [3.05, 3.63) is 37.0 Å². The summed E-state index contributed by atoms with van der Waals surface area (Å²) in [4.78, 5) is 10.9. The molecule has 0 aromatic heterocycles. The number of hydrogen-bond acceptors (Lipinski definition) is 5. The molecule has 0 heterocycles. The van der Waals surface area contributed by atoms with Gasteiger partial charge in [0, 0.05) is 20.3 Å². The molecule has 112 valence electrons. The topological polar surface area (TPSA) is 54.0 Å². The highest BCUT2D eigenvalue weighted by atomic mass is 16.6. The average Bonchev–Trinajstić information content (AvgIpc) is 2.45. The van der Waals surface area contributed by atoms with Crippen LogP contribution in [0.2, 0.25) is 0 Å². The zero-order valence-corrected chi connectivity index (χ0v) is 12.0. The number of rotatable bonds is 9. The van der Waals surface area contributed by atoms with Gasteiger partial charge in [0.05, 0.1) is 31.3 Å². The summed E-state index contributed by atoms with van der Waals surface area (Å²) in [5.74, 6) is -0.451. The predicted octanol–water partition coefficient (Wildman–Crippen LogP) is 1.51. The van der Waals surface area contributed by atoms with Crippen molar-refractivity contribution >= 4 is 5.97 Å². The van der Waals surface area contributed by atoms with Crippen LogP contribution in [-0.2, 0) is 23.7 Å². The van der Waals surface area contributed by atoms with Crippen molar-refractivity contribution in [3.63, 3.8) is 0 Å². The Kier molecular flexibility index (Phi) is 7.22. The Morgan fingerprint density at radius 2 is 1.95 bits per heavy atom. The summed E-state index contributed by atoms with van der Waals surface area (Å²) in [7, 11) is 3.29. The van der Waals surface area contributed by atoms with E-state index in [1.165, 1.54) is 0 Å². The van der Waals surface area contributed by atoms with Gasteiger partial charge in [-0.1, -0.05) is 30.9 Å².